The third-order valence-electron chi connectivity index (χ3n) is 8.96. The van der Waals surface area contributed by atoms with Gasteiger partial charge in [0.25, 0.3) is 0 Å². The number of nitrogens with zero attached hydrogens (tertiary/aromatic N) is 1. The third kappa shape index (κ3) is 4.95. The van der Waals surface area contributed by atoms with Gasteiger partial charge in [-0.15, -0.1) is 0 Å². The largest absolute Gasteiger partial charge is 0.448 e. The van der Waals surface area contributed by atoms with Crippen LogP contribution in [0.4, 0.5) is 4.79 Å². The van der Waals surface area contributed by atoms with Gasteiger partial charge in [-0.05, 0) is 51.8 Å². The fourth-order valence-electron chi connectivity index (χ4n) is 6.94. The molecule has 41 heavy (non-hydrogen) atoms. The molecule has 5 nitrogen and oxygen atoms in total. The van der Waals surface area contributed by atoms with E-state index >= 15 is 0 Å². The number of ketones is 1. The topological polar surface area (TPSA) is 55.8 Å². The normalized spacial score (nSPS) is 21.2. The molecule has 2 atom stereocenters. The monoisotopic (exact) mass is 543 g/mol. The number of benzene rings is 4. The summed E-state index contributed by atoms with van der Waals surface area (Å²) in [6.45, 7) is 1.18. The summed E-state index contributed by atoms with van der Waals surface area (Å²) in [6.07, 6.45) is 1.33. The summed E-state index contributed by atoms with van der Waals surface area (Å²) in [5.41, 5.74) is 8.16. The van der Waals surface area contributed by atoms with Crippen molar-refractivity contribution in [1.82, 2.24) is 4.90 Å². The zero-order valence-electron chi connectivity index (χ0n) is 22.9. The number of Topliss-reactive ketones (excluding diaryl/α,β-unsaturated/α-hetero) is 1. The first-order chi connectivity index (χ1) is 20.2. The maximum atomic E-state index is 13.5. The number of piperidine rings is 1. The molecule has 2 unspecified atom stereocenters. The molecule has 2 fully saturated rings. The summed E-state index contributed by atoms with van der Waals surface area (Å²) < 4.78 is 11.8. The molecule has 2 aliphatic heterocycles. The van der Waals surface area contributed by atoms with Crippen molar-refractivity contribution in [2.75, 3.05) is 19.8 Å². The lowest BCUT2D eigenvalue weighted by Crippen LogP contribution is -2.60. The lowest BCUT2D eigenvalue weighted by atomic mass is 9.81. The first-order valence-electron chi connectivity index (χ1n) is 14.5. The molecule has 0 radical (unpaired) electrons. The van der Waals surface area contributed by atoms with E-state index in [4.69, 9.17) is 9.47 Å². The zero-order chi connectivity index (χ0) is 27.8. The van der Waals surface area contributed by atoms with Crippen LogP contribution in [0.1, 0.15) is 35.4 Å². The minimum atomic E-state index is -0.299. The van der Waals surface area contributed by atoms with Crippen LogP contribution in [0.5, 0.6) is 0 Å². The Morgan fingerprint density at radius 3 is 1.90 bits per heavy atom. The number of hydrogen-bond donors (Lipinski definition) is 0. The van der Waals surface area contributed by atoms with Crippen LogP contribution in [-0.4, -0.2) is 48.7 Å². The van der Waals surface area contributed by atoms with E-state index in [1.807, 2.05) is 35.2 Å². The molecule has 2 heterocycles. The molecule has 0 N–H and O–H groups in total. The molecular weight excluding hydrogens is 510 g/mol. The Morgan fingerprint density at radius 1 is 0.707 bits per heavy atom. The molecule has 0 spiro atoms. The predicted molar refractivity (Wildman–Crippen MR) is 159 cm³/mol. The SMILES string of the molecule is O=C(Cc1ccc(-c2ccccc2)cc1)C1CC2COCC(C1)N2C(=O)OCC1c2ccccc2-c2ccccc21. The number of carbonyl (C=O) groups excluding carboxylic acids is 2. The van der Waals surface area contributed by atoms with Crippen LogP contribution in [0, 0.1) is 5.92 Å². The summed E-state index contributed by atoms with van der Waals surface area (Å²) in [7, 11) is 0. The highest BCUT2D eigenvalue weighted by Gasteiger charge is 2.44. The van der Waals surface area contributed by atoms with Gasteiger partial charge in [-0.3, -0.25) is 9.69 Å². The number of ether oxygens (including phenoxy) is 2. The highest BCUT2D eigenvalue weighted by atomic mass is 16.6. The van der Waals surface area contributed by atoms with Gasteiger partial charge in [-0.25, -0.2) is 4.79 Å². The van der Waals surface area contributed by atoms with Gasteiger partial charge in [-0.1, -0.05) is 103 Å². The van der Waals surface area contributed by atoms with Crippen LogP contribution in [-0.2, 0) is 20.7 Å². The van der Waals surface area contributed by atoms with Gasteiger partial charge >= 0.3 is 6.09 Å². The number of rotatable bonds is 6. The van der Waals surface area contributed by atoms with Crippen LogP contribution in [0.25, 0.3) is 22.3 Å². The van der Waals surface area contributed by atoms with Gasteiger partial charge in [0.05, 0.1) is 25.3 Å². The smallest absolute Gasteiger partial charge is 0.410 e. The Bertz CT molecular complexity index is 1500. The lowest BCUT2D eigenvalue weighted by Gasteiger charge is -2.47. The average Bonchev–Trinajstić information content (AvgIpc) is 3.33. The maximum Gasteiger partial charge on any atom is 0.410 e. The van der Waals surface area contributed by atoms with Gasteiger partial charge in [-0.2, -0.15) is 0 Å². The number of carbonyl (C=O) groups is 2. The summed E-state index contributed by atoms with van der Waals surface area (Å²) in [4.78, 5) is 28.7. The molecule has 0 saturated carbocycles. The van der Waals surface area contributed by atoms with Gasteiger partial charge in [0, 0.05) is 18.3 Å². The van der Waals surface area contributed by atoms with Gasteiger partial charge < -0.3 is 9.47 Å². The van der Waals surface area contributed by atoms with E-state index < -0.39 is 0 Å². The van der Waals surface area contributed by atoms with E-state index in [-0.39, 0.29) is 35.8 Å². The standard InChI is InChI=1S/C36H33NO4/c38-35(18-24-14-16-26(17-15-24)25-8-2-1-3-9-25)27-19-28-21-40-22-29(20-27)37(28)36(39)41-23-34-32-12-6-4-10-30(32)31-11-5-7-13-33(31)34/h1-17,27-29,34H,18-23H2. The Hall–Kier alpha value is -4.22. The number of amides is 1. The van der Waals surface area contributed by atoms with Gasteiger partial charge in [0.1, 0.15) is 12.4 Å². The molecule has 206 valence electrons. The highest BCUT2D eigenvalue weighted by molar-refractivity contribution is 5.84. The molecule has 7 rings (SSSR count). The Labute approximate surface area is 240 Å². The number of fused-ring (bicyclic) bond motifs is 5. The Morgan fingerprint density at radius 2 is 1.27 bits per heavy atom. The van der Waals surface area contributed by atoms with Crippen molar-refractivity contribution >= 4 is 11.9 Å². The van der Waals surface area contributed by atoms with Crippen molar-refractivity contribution in [3.05, 3.63) is 120 Å². The maximum absolute atomic E-state index is 13.5. The van der Waals surface area contributed by atoms with Gasteiger partial charge in [0.15, 0.2) is 0 Å². The van der Waals surface area contributed by atoms with E-state index in [1.165, 1.54) is 27.8 Å². The molecule has 2 saturated heterocycles. The fraction of sp³-hybridized carbons (Fsp3) is 0.278. The summed E-state index contributed by atoms with van der Waals surface area (Å²) in [6, 6.07) is 34.9. The summed E-state index contributed by atoms with van der Waals surface area (Å²) >= 11 is 0. The fourth-order valence-corrected chi connectivity index (χ4v) is 6.94. The molecule has 1 aliphatic carbocycles. The molecule has 4 aromatic rings. The quantitative estimate of drug-likeness (QED) is 0.266. The molecule has 1 amide bonds. The van der Waals surface area contributed by atoms with Crippen molar-refractivity contribution in [2.45, 2.75) is 37.3 Å². The van der Waals surface area contributed by atoms with E-state index in [9.17, 15) is 9.59 Å². The second kappa shape index (κ2) is 11.0. The number of morpholine rings is 1. The average molecular weight is 544 g/mol. The van der Waals surface area contributed by atoms with Crippen LogP contribution < -0.4 is 0 Å². The lowest BCUT2D eigenvalue weighted by molar-refractivity contribution is -0.130. The molecule has 5 heteroatoms. The summed E-state index contributed by atoms with van der Waals surface area (Å²) in [5, 5.41) is 0. The van der Waals surface area contributed by atoms with Crippen LogP contribution >= 0.6 is 0 Å². The minimum absolute atomic E-state index is 0.0230. The van der Waals surface area contributed by atoms with Crippen LogP contribution in [0.3, 0.4) is 0 Å². The van der Waals surface area contributed by atoms with E-state index in [0.29, 0.717) is 39.1 Å². The van der Waals surface area contributed by atoms with Crippen molar-refractivity contribution in [3.8, 4) is 22.3 Å². The first kappa shape index (κ1) is 25.7. The first-order valence-corrected chi connectivity index (χ1v) is 14.5. The van der Waals surface area contributed by atoms with Gasteiger partial charge in [0.2, 0.25) is 0 Å². The molecule has 3 aliphatic rings. The van der Waals surface area contributed by atoms with Crippen molar-refractivity contribution in [1.29, 1.82) is 0 Å². The second-order valence-electron chi connectivity index (χ2n) is 11.4. The third-order valence-corrected chi connectivity index (χ3v) is 8.96. The Kier molecular flexibility index (Phi) is 6.89. The van der Waals surface area contributed by atoms with E-state index in [2.05, 4.69) is 72.8 Å². The van der Waals surface area contributed by atoms with Crippen molar-refractivity contribution in [2.24, 2.45) is 5.92 Å². The number of hydrogen-bond acceptors (Lipinski definition) is 4. The Balaban J connectivity index is 0.996. The molecule has 0 aromatic heterocycles. The molecular formula is C36H33NO4. The highest BCUT2D eigenvalue weighted by Crippen LogP contribution is 2.44. The minimum Gasteiger partial charge on any atom is -0.448 e. The van der Waals surface area contributed by atoms with E-state index in [1.54, 1.807) is 0 Å². The predicted octanol–water partition coefficient (Wildman–Crippen LogP) is 6.89. The molecule has 2 bridgehead atoms. The van der Waals surface area contributed by atoms with Crippen molar-refractivity contribution < 1.29 is 19.1 Å². The van der Waals surface area contributed by atoms with Crippen LogP contribution in [0.15, 0.2) is 103 Å². The van der Waals surface area contributed by atoms with Crippen LogP contribution in [0.2, 0.25) is 0 Å². The summed E-state index contributed by atoms with van der Waals surface area (Å²) in [5.74, 6) is 0.178. The molecule has 4 aromatic carbocycles. The second-order valence-corrected chi connectivity index (χ2v) is 11.4. The van der Waals surface area contributed by atoms with Crippen molar-refractivity contribution in [3.63, 3.8) is 0 Å². The van der Waals surface area contributed by atoms with E-state index in [0.717, 1.165) is 11.1 Å². The zero-order valence-corrected chi connectivity index (χ0v) is 22.9.